The lowest BCUT2D eigenvalue weighted by Gasteiger charge is -2.46. The van der Waals surface area contributed by atoms with Crippen LogP contribution in [0.1, 0.15) is 16.7 Å². The van der Waals surface area contributed by atoms with Gasteiger partial charge in [0.1, 0.15) is 24.4 Å². The Morgan fingerprint density at radius 2 is 1.67 bits per heavy atom. The summed E-state index contributed by atoms with van der Waals surface area (Å²) in [6, 6.07) is 17.4. The van der Waals surface area contributed by atoms with Gasteiger partial charge in [-0.15, -0.1) is 0 Å². The highest BCUT2D eigenvalue weighted by Gasteiger charge is 2.56. The summed E-state index contributed by atoms with van der Waals surface area (Å²) in [5.41, 5.74) is 0.239. The number of methoxy groups -OCH3 is 3. The summed E-state index contributed by atoms with van der Waals surface area (Å²) in [6.45, 7) is 8.23. The van der Waals surface area contributed by atoms with E-state index < -0.39 is 19.5 Å². The van der Waals surface area contributed by atoms with E-state index in [-0.39, 0.29) is 30.8 Å². The largest absolute Gasteiger partial charge is 0.493 e. The van der Waals surface area contributed by atoms with Gasteiger partial charge in [0.15, 0.2) is 23.0 Å². The number of esters is 1. The Morgan fingerprint density at radius 3 is 2.29 bits per heavy atom. The predicted octanol–water partition coefficient (Wildman–Crippen LogP) is 5.80. The number of rotatable bonds is 11. The second-order valence-corrected chi connectivity index (χ2v) is 16.0. The van der Waals surface area contributed by atoms with Gasteiger partial charge in [0.25, 0.3) is 0 Å². The second kappa shape index (κ2) is 13.3. The van der Waals surface area contributed by atoms with Crippen LogP contribution in [0.25, 0.3) is 6.08 Å². The molecule has 2 atom stereocenters. The van der Waals surface area contributed by atoms with Gasteiger partial charge in [0, 0.05) is 29.9 Å². The minimum Gasteiger partial charge on any atom is -0.493 e. The smallest absolute Gasteiger partial charge is 0.357 e. The number of hydrogen-bond acceptors (Lipinski definition) is 10. The van der Waals surface area contributed by atoms with Crippen LogP contribution < -0.4 is 33.6 Å². The molecule has 0 saturated heterocycles. The lowest BCUT2D eigenvalue weighted by molar-refractivity contribution is -0.154. The highest BCUT2D eigenvalue weighted by atomic mass is 32.1. The van der Waals surface area contributed by atoms with Crippen molar-refractivity contribution in [3.05, 3.63) is 84.5 Å². The number of benzene rings is 3. The molecule has 0 fully saturated rings. The van der Waals surface area contributed by atoms with E-state index >= 15 is 0 Å². The van der Waals surface area contributed by atoms with Gasteiger partial charge >= 0.3 is 11.2 Å². The molecule has 3 aromatic carbocycles. The molecule has 0 spiro atoms. The fraction of sp³-hybridized carbons (Fsp3) is 0.294. The summed E-state index contributed by atoms with van der Waals surface area (Å²) in [6.07, 6.45) is 5.32. The molecule has 0 radical (unpaired) electrons. The zero-order chi connectivity index (χ0) is 32.2. The van der Waals surface area contributed by atoms with E-state index in [1.807, 2.05) is 42.5 Å². The van der Waals surface area contributed by atoms with Crippen molar-refractivity contribution in [2.24, 2.45) is 5.41 Å². The van der Waals surface area contributed by atoms with Crippen molar-refractivity contribution >= 4 is 42.8 Å². The van der Waals surface area contributed by atoms with E-state index in [1.165, 1.54) is 27.4 Å². The molecule has 0 aromatic heterocycles. The first kappa shape index (κ1) is 31.9. The summed E-state index contributed by atoms with van der Waals surface area (Å²) >= 11 is 5.54. The molecular weight excluding hydrogens is 613 g/mol. The molecule has 1 aliphatic carbocycles. The molecule has 1 aliphatic heterocycles. The molecule has 2 aliphatic rings. The Morgan fingerprint density at radius 1 is 1.00 bits per heavy atom. The molecule has 9 nitrogen and oxygen atoms in total. The van der Waals surface area contributed by atoms with Crippen LogP contribution in [0.5, 0.6) is 34.5 Å². The molecule has 236 valence electrons. The number of thiocarbonyl (C=S) groups is 1. The maximum atomic E-state index is 14.3. The number of fused-ring (bicyclic) bond motifs is 2. The molecule has 0 unspecified atom stereocenters. The van der Waals surface area contributed by atoms with Gasteiger partial charge in [-0.3, -0.25) is 4.79 Å². The number of hydrogen-bond donors (Lipinski definition) is 0. The van der Waals surface area contributed by atoms with Gasteiger partial charge in [0.2, 0.25) is 12.5 Å². The Bertz CT molecular complexity index is 1600. The van der Waals surface area contributed by atoms with Gasteiger partial charge < -0.3 is 37.9 Å². The standard InChI is InChI=1S/C34H36O9SSi/c1-7-15-39-32(35)34(20-40-33(44)43-23-17-28(36-2)30(38-4)29(18-23)37-3)14-13-22-16-26-27(42-21-41-26)19-25(22)31(34)45(5,6)24-11-9-8-10-12-24/h7-14,16-19,31H,1,15,20-21H2,2-6H3/t31-,34+/m0/s1. The van der Waals surface area contributed by atoms with Crippen LogP contribution in [-0.4, -0.2) is 60.6 Å². The third-order valence-corrected chi connectivity index (χ3v) is 12.5. The zero-order valence-corrected chi connectivity index (χ0v) is 27.7. The van der Waals surface area contributed by atoms with Crippen LogP contribution in [0, 0.1) is 5.41 Å². The molecule has 0 N–H and O–H groups in total. The Hall–Kier alpha value is -4.48. The molecular formula is C34H36O9SSi. The van der Waals surface area contributed by atoms with Crippen LogP contribution >= 0.6 is 12.2 Å². The van der Waals surface area contributed by atoms with Crippen molar-refractivity contribution in [3.8, 4) is 34.5 Å². The van der Waals surface area contributed by atoms with Crippen LogP contribution in [0.15, 0.2) is 73.3 Å². The number of ether oxygens (including phenoxy) is 8. The average molecular weight is 649 g/mol. The summed E-state index contributed by atoms with van der Waals surface area (Å²) in [4.78, 5) is 14.3. The molecule has 1 heterocycles. The second-order valence-electron chi connectivity index (χ2n) is 11.1. The fourth-order valence-electron chi connectivity index (χ4n) is 6.11. The molecule has 5 rings (SSSR count). The Labute approximate surface area is 269 Å². The van der Waals surface area contributed by atoms with Gasteiger partial charge in [-0.05, 0) is 23.3 Å². The van der Waals surface area contributed by atoms with Crippen molar-refractivity contribution in [2.45, 2.75) is 18.6 Å². The van der Waals surface area contributed by atoms with Gasteiger partial charge in [-0.1, -0.05) is 73.4 Å². The zero-order valence-electron chi connectivity index (χ0n) is 25.9. The molecule has 3 aromatic rings. The summed E-state index contributed by atoms with van der Waals surface area (Å²) in [5.74, 6) is 2.33. The normalized spacial score (nSPS) is 17.9. The lowest BCUT2D eigenvalue weighted by Crippen LogP contribution is -2.58. The van der Waals surface area contributed by atoms with E-state index in [0.717, 1.165) is 16.3 Å². The maximum absolute atomic E-state index is 14.3. The van der Waals surface area contributed by atoms with Crippen molar-refractivity contribution in [1.29, 1.82) is 0 Å². The van der Waals surface area contributed by atoms with E-state index in [9.17, 15) is 4.79 Å². The molecule has 11 heteroatoms. The van der Waals surface area contributed by atoms with E-state index in [4.69, 9.17) is 50.1 Å². The molecule has 45 heavy (non-hydrogen) atoms. The lowest BCUT2D eigenvalue weighted by atomic mass is 9.75. The van der Waals surface area contributed by atoms with Gasteiger partial charge in [0.05, 0.1) is 29.4 Å². The minimum absolute atomic E-state index is 0.0366. The highest BCUT2D eigenvalue weighted by molar-refractivity contribution is 7.79. The van der Waals surface area contributed by atoms with Crippen LogP contribution in [-0.2, 0) is 14.3 Å². The van der Waals surface area contributed by atoms with Gasteiger partial charge in [-0.25, -0.2) is 0 Å². The summed E-state index contributed by atoms with van der Waals surface area (Å²) < 4.78 is 45.6. The third kappa shape index (κ3) is 6.10. The topological polar surface area (TPSA) is 90.9 Å². The quantitative estimate of drug-likeness (QED) is 0.110. The first-order valence-electron chi connectivity index (χ1n) is 14.3. The average Bonchev–Trinajstić information content (AvgIpc) is 3.52. The van der Waals surface area contributed by atoms with Crippen LogP contribution in [0.4, 0.5) is 0 Å². The molecule has 0 amide bonds. The fourth-order valence-corrected chi connectivity index (χ4v) is 10.3. The predicted molar refractivity (Wildman–Crippen MR) is 177 cm³/mol. The Balaban J connectivity index is 1.56. The van der Waals surface area contributed by atoms with Crippen molar-refractivity contribution in [2.75, 3.05) is 41.3 Å². The van der Waals surface area contributed by atoms with Crippen LogP contribution in [0.2, 0.25) is 13.1 Å². The minimum atomic E-state index is -2.57. The SMILES string of the molecule is C=CCOC(=O)[C@@]1(COC(=S)Oc2cc(OC)c(OC)c(OC)c2)C=Cc2cc3c(cc2[C@@H]1[Si](C)(C)c1ccccc1)OCO3. The first-order chi connectivity index (χ1) is 21.7. The van der Waals surface area contributed by atoms with E-state index in [0.29, 0.717) is 34.5 Å². The molecule has 0 saturated carbocycles. The summed E-state index contributed by atoms with van der Waals surface area (Å²) in [7, 11) is 1.96. The molecule has 0 bridgehead atoms. The third-order valence-electron chi connectivity index (χ3n) is 8.18. The van der Waals surface area contributed by atoms with Crippen molar-refractivity contribution < 1.29 is 42.7 Å². The highest BCUT2D eigenvalue weighted by Crippen LogP contribution is 2.52. The Kier molecular flexibility index (Phi) is 9.40. The maximum Gasteiger partial charge on any atom is 0.357 e. The number of carbonyl (C=O) groups excluding carboxylic acids is 1. The van der Waals surface area contributed by atoms with E-state index in [1.54, 1.807) is 12.1 Å². The number of carbonyl (C=O) groups is 1. The first-order valence-corrected chi connectivity index (χ1v) is 17.8. The van der Waals surface area contributed by atoms with E-state index in [2.05, 4.69) is 31.8 Å². The summed E-state index contributed by atoms with van der Waals surface area (Å²) in [5, 5.41) is 0.967. The van der Waals surface area contributed by atoms with Crippen molar-refractivity contribution in [3.63, 3.8) is 0 Å². The van der Waals surface area contributed by atoms with Gasteiger partial charge in [-0.2, -0.15) is 0 Å². The monoisotopic (exact) mass is 648 g/mol. The van der Waals surface area contributed by atoms with Crippen molar-refractivity contribution in [1.82, 2.24) is 0 Å². The van der Waals surface area contributed by atoms with Crippen LogP contribution in [0.3, 0.4) is 0 Å².